The van der Waals surface area contributed by atoms with Crippen molar-refractivity contribution in [1.29, 1.82) is 0 Å². The number of alkyl carbamates (subject to hydrolysis) is 1. The number of nitrogens with zero attached hydrogens (tertiary/aromatic N) is 2. The van der Waals surface area contributed by atoms with Crippen molar-refractivity contribution in [3.05, 3.63) is 47.5 Å². The lowest BCUT2D eigenvalue weighted by Gasteiger charge is -2.38. The molecule has 0 radical (unpaired) electrons. The third-order valence-electron chi connectivity index (χ3n) is 10.3. The van der Waals surface area contributed by atoms with Gasteiger partial charge < -0.3 is 24.1 Å². The normalized spacial score (nSPS) is 25.0. The van der Waals surface area contributed by atoms with E-state index in [9.17, 15) is 31.2 Å². The number of H-pyrrole nitrogens is 1. The van der Waals surface area contributed by atoms with E-state index >= 15 is 0 Å². The summed E-state index contributed by atoms with van der Waals surface area (Å²) < 4.78 is 73.1. The summed E-state index contributed by atoms with van der Waals surface area (Å²) in [5, 5.41) is 2.66. The van der Waals surface area contributed by atoms with Gasteiger partial charge in [0.1, 0.15) is 17.6 Å². The maximum atomic E-state index is 13.6. The van der Waals surface area contributed by atoms with Gasteiger partial charge in [0.25, 0.3) is 0 Å². The molecule has 1 spiro atoms. The van der Waals surface area contributed by atoms with Crippen LogP contribution in [-0.2, 0) is 23.8 Å². The number of rotatable bonds is 7. The van der Waals surface area contributed by atoms with Crippen LogP contribution >= 0.6 is 0 Å². The van der Waals surface area contributed by atoms with Gasteiger partial charge in [-0.25, -0.2) is 9.78 Å². The fraction of sp³-hybridized carbons (Fsp3) is 0.594. The van der Waals surface area contributed by atoms with Crippen molar-refractivity contribution in [3.63, 3.8) is 0 Å². The Morgan fingerprint density at radius 3 is 2.52 bits per heavy atom. The van der Waals surface area contributed by atoms with E-state index in [4.69, 9.17) is 13.9 Å². The van der Waals surface area contributed by atoms with Gasteiger partial charge in [-0.1, -0.05) is 38.8 Å². The summed E-state index contributed by atoms with van der Waals surface area (Å²) in [6.45, 7) is 4.24. The standard InChI is InChI=1S/C32H39F3N4O6S/c1-18(2)27(38-30(41)44-3)29(40)39-16-6-7-24(39)28-36-22-10-8-19(17-23(22)37-28)20-9-11-25(45-46(42,43)32(33,34)35)21-12-15-31(26(20)21)13-4-5-14-31/h8-11,17-18,21,24,26-27H,4-7,12-16H2,1-3H3,(H,36,37)(H,38,41)/t21?,24-,26?,27-/m0/s1. The third-order valence-corrected chi connectivity index (χ3v) is 11.3. The minimum Gasteiger partial charge on any atom is -0.453 e. The first kappa shape index (κ1) is 32.4. The minimum atomic E-state index is -5.78. The number of aromatic nitrogens is 2. The molecule has 14 heteroatoms. The number of nitrogens with one attached hydrogen (secondary N) is 2. The molecule has 10 nitrogen and oxygen atoms in total. The number of alkyl halides is 3. The average Bonchev–Trinajstić information content (AvgIpc) is 3.81. The van der Waals surface area contributed by atoms with Crippen LogP contribution in [-0.4, -0.2) is 60.5 Å². The highest BCUT2D eigenvalue weighted by atomic mass is 32.2. The van der Waals surface area contributed by atoms with Crippen LogP contribution in [0.15, 0.2) is 36.1 Å². The maximum absolute atomic E-state index is 13.6. The molecule has 2 saturated carbocycles. The number of fused-ring (bicyclic) bond motifs is 3. The van der Waals surface area contributed by atoms with E-state index in [1.807, 2.05) is 32.0 Å². The number of likely N-dealkylation sites (tertiary alicyclic amines) is 1. The molecule has 2 amide bonds. The summed E-state index contributed by atoms with van der Waals surface area (Å²) in [5.74, 6) is -0.540. The number of carbonyl (C=O) groups excluding carboxylic acids is 2. The van der Waals surface area contributed by atoms with Crippen molar-refractivity contribution >= 4 is 38.7 Å². The molecule has 4 aliphatic rings. The lowest BCUT2D eigenvalue weighted by molar-refractivity contribution is -0.135. The first-order valence-corrected chi connectivity index (χ1v) is 17.2. The number of hydrogen-bond donors (Lipinski definition) is 2. The number of methoxy groups -OCH3 is 1. The molecule has 46 heavy (non-hydrogen) atoms. The van der Waals surface area contributed by atoms with Gasteiger partial charge in [0.05, 0.1) is 24.2 Å². The summed E-state index contributed by atoms with van der Waals surface area (Å²) in [7, 11) is -4.53. The Hall–Kier alpha value is -3.55. The Morgan fingerprint density at radius 2 is 1.85 bits per heavy atom. The van der Waals surface area contributed by atoms with Crippen LogP contribution in [0.3, 0.4) is 0 Å². The number of ether oxygens (including phenoxy) is 1. The molecule has 3 aliphatic carbocycles. The fourth-order valence-corrected chi connectivity index (χ4v) is 8.71. The molecular weight excluding hydrogens is 625 g/mol. The van der Waals surface area contributed by atoms with Crippen LogP contribution in [0.1, 0.15) is 82.6 Å². The van der Waals surface area contributed by atoms with E-state index in [2.05, 4.69) is 10.3 Å². The van der Waals surface area contributed by atoms with Crippen molar-refractivity contribution in [2.24, 2.45) is 23.2 Å². The van der Waals surface area contributed by atoms with Gasteiger partial charge in [-0.2, -0.15) is 21.6 Å². The summed E-state index contributed by atoms with van der Waals surface area (Å²) in [5.41, 5.74) is -2.36. The number of amides is 2. The molecule has 1 aromatic heterocycles. The molecular formula is C32H39F3N4O6S. The first-order valence-electron chi connectivity index (χ1n) is 15.8. The lowest BCUT2D eigenvalue weighted by Crippen LogP contribution is -2.51. The van der Waals surface area contributed by atoms with Crippen LogP contribution < -0.4 is 5.32 Å². The summed E-state index contributed by atoms with van der Waals surface area (Å²) in [6.07, 6.45) is 9.12. The Balaban J connectivity index is 1.32. The molecule has 1 aliphatic heterocycles. The number of allylic oxidation sites excluding steroid dienone is 4. The largest absolute Gasteiger partial charge is 0.534 e. The predicted molar refractivity (Wildman–Crippen MR) is 163 cm³/mol. The van der Waals surface area contributed by atoms with Crippen LogP contribution in [0.4, 0.5) is 18.0 Å². The van der Waals surface area contributed by atoms with E-state index < -0.39 is 33.7 Å². The SMILES string of the molecule is COC(=O)N[C@H](C(=O)N1CCC[C@H]1c1nc2ccc(C3=CC=C(OS(=O)(=O)C(F)(F)F)C4CCC5(CCCC5)C34)cc2[nH]1)C(C)C. The van der Waals surface area contributed by atoms with Crippen molar-refractivity contribution in [3.8, 4) is 0 Å². The van der Waals surface area contributed by atoms with Crippen molar-refractivity contribution in [2.75, 3.05) is 13.7 Å². The number of carbonyl (C=O) groups is 2. The summed E-state index contributed by atoms with van der Waals surface area (Å²) in [4.78, 5) is 35.5. The second kappa shape index (κ2) is 11.9. The fourth-order valence-electron chi connectivity index (χ4n) is 8.18. The number of hydrogen-bond acceptors (Lipinski definition) is 7. The van der Waals surface area contributed by atoms with Crippen molar-refractivity contribution in [1.82, 2.24) is 20.2 Å². The topological polar surface area (TPSA) is 131 Å². The maximum Gasteiger partial charge on any atom is 0.534 e. The van der Waals surface area contributed by atoms with Gasteiger partial charge >= 0.3 is 21.7 Å². The molecule has 1 aromatic carbocycles. The van der Waals surface area contributed by atoms with Crippen molar-refractivity contribution in [2.45, 2.75) is 82.8 Å². The Bertz CT molecular complexity index is 1690. The number of halogens is 3. The number of aromatic amines is 1. The monoisotopic (exact) mass is 664 g/mol. The number of imidazole rings is 1. The summed E-state index contributed by atoms with van der Waals surface area (Å²) in [6, 6.07) is 4.74. The molecule has 1 saturated heterocycles. The zero-order valence-electron chi connectivity index (χ0n) is 26.0. The number of benzene rings is 1. The zero-order valence-corrected chi connectivity index (χ0v) is 26.8. The molecule has 0 bridgehead atoms. The van der Waals surface area contributed by atoms with E-state index in [-0.39, 0.29) is 35.0 Å². The Kier molecular flexibility index (Phi) is 8.39. The van der Waals surface area contributed by atoms with Gasteiger partial charge in [0.15, 0.2) is 0 Å². The molecule has 4 atom stereocenters. The van der Waals surface area contributed by atoms with Crippen molar-refractivity contribution < 1.29 is 40.1 Å². The average molecular weight is 665 g/mol. The van der Waals surface area contributed by atoms with Gasteiger partial charge in [-0.05, 0) is 79.2 Å². The van der Waals surface area contributed by atoms with E-state index in [0.29, 0.717) is 30.7 Å². The van der Waals surface area contributed by atoms with Crippen LogP contribution in [0, 0.1) is 23.2 Å². The summed E-state index contributed by atoms with van der Waals surface area (Å²) >= 11 is 0. The van der Waals surface area contributed by atoms with Crippen LogP contribution in [0.2, 0.25) is 0 Å². The van der Waals surface area contributed by atoms with E-state index in [0.717, 1.165) is 55.2 Å². The Morgan fingerprint density at radius 1 is 1.11 bits per heavy atom. The van der Waals surface area contributed by atoms with Crippen LogP contribution in [0.25, 0.3) is 16.6 Å². The smallest absolute Gasteiger partial charge is 0.453 e. The molecule has 2 unspecified atom stereocenters. The van der Waals surface area contributed by atoms with Gasteiger partial charge in [0, 0.05) is 18.4 Å². The van der Waals surface area contributed by atoms with E-state index in [1.165, 1.54) is 13.2 Å². The minimum absolute atomic E-state index is 0.134. The van der Waals surface area contributed by atoms with Gasteiger partial charge in [-0.3, -0.25) is 4.79 Å². The molecule has 250 valence electrons. The Labute approximate surface area is 265 Å². The highest BCUT2D eigenvalue weighted by Gasteiger charge is 2.56. The molecule has 6 rings (SSSR count). The second-order valence-corrected chi connectivity index (χ2v) is 14.8. The zero-order chi connectivity index (χ0) is 33.0. The molecule has 3 fully saturated rings. The molecule has 2 heterocycles. The van der Waals surface area contributed by atoms with Crippen LogP contribution in [0.5, 0.6) is 0 Å². The van der Waals surface area contributed by atoms with Gasteiger partial charge in [0.2, 0.25) is 5.91 Å². The predicted octanol–water partition coefficient (Wildman–Crippen LogP) is 6.34. The quantitative estimate of drug-likeness (QED) is 0.261. The molecule has 2 aromatic rings. The van der Waals surface area contributed by atoms with Gasteiger partial charge in [-0.15, -0.1) is 0 Å². The lowest BCUT2D eigenvalue weighted by atomic mass is 9.67. The highest BCUT2D eigenvalue weighted by molar-refractivity contribution is 7.87. The highest BCUT2D eigenvalue weighted by Crippen LogP contribution is 2.63. The molecule has 2 N–H and O–H groups in total. The first-order chi connectivity index (χ1) is 21.7. The third kappa shape index (κ3) is 5.66. The van der Waals surface area contributed by atoms with E-state index in [1.54, 1.807) is 11.0 Å². The second-order valence-electron chi connectivity index (χ2n) is 13.3.